The fourth-order valence-corrected chi connectivity index (χ4v) is 4.21. The van der Waals surface area contributed by atoms with E-state index in [0.717, 1.165) is 62.0 Å². The molecule has 2 aromatic carbocycles. The first-order chi connectivity index (χ1) is 15.0. The summed E-state index contributed by atoms with van der Waals surface area (Å²) in [5.41, 5.74) is 5.88. The summed E-state index contributed by atoms with van der Waals surface area (Å²) < 4.78 is 18.9. The maximum absolute atomic E-state index is 5.72. The van der Waals surface area contributed by atoms with E-state index in [1.165, 1.54) is 0 Å². The lowest BCUT2D eigenvalue weighted by Crippen LogP contribution is -2.03. The Morgan fingerprint density at radius 1 is 0.806 bits per heavy atom. The van der Waals surface area contributed by atoms with Crippen molar-refractivity contribution in [2.75, 3.05) is 20.8 Å². The second-order valence-corrected chi connectivity index (χ2v) is 7.39. The van der Waals surface area contributed by atoms with Gasteiger partial charge in [0.05, 0.1) is 32.2 Å². The molecule has 6 nitrogen and oxygen atoms in total. The van der Waals surface area contributed by atoms with Crippen LogP contribution in [0.15, 0.2) is 42.5 Å². The summed E-state index contributed by atoms with van der Waals surface area (Å²) >= 11 is 0. The first-order valence-electron chi connectivity index (χ1n) is 10.3. The largest absolute Gasteiger partial charge is 0.497 e. The van der Waals surface area contributed by atoms with E-state index < -0.39 is 0 Å². The van der Waals surface area contributed by atoms with E-state index in [2.05, 4.69) is 28.6 Å². The van der Waals surface area contributed by atoms with Gasteiger partial charge < -0.3 is 18.8 Å². The molecule has 2 heterocycles. The van der Waals surface area contributed by atoms with Crippen LogP contribution in [0.1, 0.15) is 24.0 Å². The molecule has 0 radical (unpaired) electrons. The van der Waals surface area contributed by atoms with Crippen molar-refractivity contribution in [2.24, 2.45) is 0 Å². The normalized spacial score (nSPS) is 11.0. The van der Waals surface area contributed by atoms with Crippen LogP contribution in [0, 0.1) is 20.8 Å². The maximum atomic E-state index is 5.72. The van der Waals surface area contributed by atoms with Crippen LogP contribution in [0.2, 0.25) is 0 Å². The molecule has 160 valence electrons. The number of methoxy groups -OCH3 is 2. The summed E-state index contributed by atoms with van der Waals surface area (Å²) in [6, 6.07) is 13.8. The molecular formula is C25H27N3O3. The number of ether oxygens (including phenoxy) is 3. The molecule has 4 rings (SSSR count). The van der Waals surface area contributed by atoms with Gasteiger partial charge in [-0.15, -0.1) is 5.10 Å². The minimum atomic E-state index is 0.607. The minimum absolute atomic E-state index is 0.607. The van der Waals surface area contributed by atoms with Crippen LogP contribution in [0.25, 0.3) is 27.7 Å². The van der Waals surface area contributed by atoms with Gasteiger partial charge in [-0.1, -0.05) is 0 Å². The van der Waals surface area contributed by atoms with E-state index in [-0.39, 0.29) is 0 Å². The Bertz CT molecular complexity index is 1240. The van der Waals surface area contributed by atoms with E-state index in [1.54, 1.807) is 14.2 Å². The third-order valence-corrected chi connectivity index (χ3v) is 5.61. The summed E-state index contributed by atoms with van der Waals surface area (Å²) in [6.07, 6.45) is 0. The topological polar surface area (TPSA) is 58.4 Å². The molecule has 4 aromatic rings. The van der Waals surface area contributed by atoms with Crippen LogP contribution in [0.4, 0.5) is 0 Å². The Hall–Kier alpha value is -3.54. The molecule has 0 unspecified atom stereocenters. The molecule has 0 aliphatic heterocycles. The highest BCUT2D eigenvalue weighted by Gasteiger charge is 2.22. The van der Waals surface area contributed by atoms with Gasteiger partial charge in [0, 0.05) is 33.8 Å². The van der Waals surface area contributed by atoms with Crippen molar-refractivity contribution in [3.05, 3.63) is 59.5 Å². The molecule has 31 heavy (non-hydrogen) atoms. The SMILES string of the molecule is CCOc1ccc(-n2c(C)c3c(C)nnc(-c4ccc(OC)cc4)c3c2C)c(OC)c1. The molecule has 0 amide bonds. The monoisotopic (exact) mass is 417 g/mol. The van der Waals surface area contributed by atoms with Gasteiger partial charge in [0.15, 0.2) is 0 Å². The lowest BCUT2D eigenvalue weighted by Gasteiger charge is -2.15. The molecule has 6 heteroatoms. The van der Waals surface area contributed by atoms with Crippen LogP contribution in [-0.2, 0) is 0 Å². The van der Waals surface area contributed by atoms with E-state index in [4.69, 9.17) is 14.2 Å². The quantitative estimate of drug-likeness (QED) is 0.419. The number of nitrogens with zero attached hydrogens (tertiary/aromatic N) is 3. The second kappa shape index (κ2) is 8.30. The number of benzene rings is 2. The zero-order valence-electron chi connectivity index (χ0n) is 18.8. The van der Waals surface area contributed by atoms with Gasteiger partial charge in [-0.25, -0.2) is 0 Å². The smallest absolute Gasteiger partial charge is 0.146 e. The van der Waals surface area contributed by atoms with Gasteiger partial charge in [0.2, 0.25) is 0 Å². The Kier molecular flexibility index (Phi) is 5.55. The molecular weight excluding hydrogens is 390 g/mol. The summed E-state index contributed by atoms with van der Waals surface area (Å²) in [5, 5.41) is 11.2. The highest BCUT2D eigenvalue weighted by Crippen LogP contribution is 2.39. The summed E-state index contributed by atoms with van der Waals surface area (Å²) in [4.78, 5) is 0. The molecule has 0 saturated carbocycles. The molecule has 0 aliphatic rings. The van der Waals surface area contributed by atoms with E-state index >= 15 is 0 Å². The van der Waals surface area contributed by atoms with Crippen LogP contribution in [-0.4, -0.2) is 35.6 Å². The van der Waals surface area contributed by atoms with Crippen molar-refractivity contribution in [3.8, 4) is 34.2 Å². The zero-order chi connectivity index (χ0) is 22.1. The molecule has 2 aromatic heterocycles. The van der Waals surface area contributed by atoms with Crippen molar-refractivity contribution in [1.29, 1.82) is 0 Å². The number of hydrogen-bond acceptors (Lipinski definition) is 5. The maximum Gasteiger partial charge on any atom is 0.146 e. The van der Waals surface area contributed by atoms with Crippen LogP contribution in [0.5, 0.6) is 17.2 Å². The average Bonchev–Trinajstić information content (AvgIpc) is 3.05. The average molecular weight is 418 g/mol. The summed E-state index contributed by atoms with van der Waals surface area (Å²) in [7, 11) is 3.34. The third kappa shape index (κ3) is 3.48. The number of hydrogen-bond donors (Lipinski definition) is 0. The van der Waals surface area contributed by atoms with Crippen molar-refractivity contribution >= 4 is 10.8 Å². The first kappa shape index (κ1) is 20.7. The molecule has 0 aliphatic carbocycles. The molecule has 0 atom stereocenters. The fourth-order valence-electron chi connectivity index (χ4n) is 4.21. The standard InChI is InChI=1S/C25H27N3O3/c1-7-31-20-12-13-21(22(14-20)30-6)28-16(3)23-15(2)26-27-25(24(23)17(28)4)18-8-10-19(29-5)11-9-18/h8-14H,7H2,1-6H3. The molecule has 0 fully saturated rings. The van der Waals surface area contributed by atoms with Crippen LogP contribution >= 0.6 is 0 Å². The van der Waals surface area contributed by atoms with E-state index in [1.807, 2.05) is 56.3 Å². The van der Waals surface area contributed by atoms with Crippen molar-refractivity contribution in [2.45, 2.75) is 27.7 Å². The van der Waals surface area contributed by atoms with Crippen LogP contribution < -0.4 is 14.2 Å². The van der Waals surface area contributed by atoms with Crippen LogP contribution in [0.3, 0.4) is 0 Å². The van der Waals surface area contributed by atoms with E-state index in [9.17, 15) is 0 Å². The van der Waals surface area contributed by atoms with Gasteiger partial charge in [0.25, 0.3) is 0 Å². The third-order valence-electron chi connectivity index (χ3n) is 5.61. The zero-order valence-corrected chi connectivity index (χ0v) is 18.8. The predicted octanol–water partition coefficient (Wildman–Crippen LogP) is 5.43. The Morgan fingerprint density at radius 2 is 1.48 bits per heavy atom. The molecule has 0 N–H and O–H groups in total. The number of rotatable bonds is 6. The molecule has 0 bridgehead atoms. The lowest BCUT2D eigenvalue weighted by atomic mass is 10.0. The van der Waals surface area contributed by atoms with Gasteiger partial charge in [0.1, 0.15) is 22.9 Å². The predicted molar refractivity (Wildman–Crippen MR) is 123 cm³/mol. The van der Waals surface area contributed by atoms with Crippen molar-refractivity contribution in [1.82, 2.24) is 14.8 Å². The molecule has 0 spiro atoms. The highest BCUT2D eigenvalue weighted by atomic mass is 16.5. The number of aryl methyl sites for hydroxylation is 3. The van der Waals surface area contributed by atoms with E-state index in [0.29, 0.717) is 6.61 Å². The van der Waals surface area contributed by atoms with Gasteiger partial charge in [-0.2, -0.15) is 5.10 Å². The van der Waals surface area contributed by atoms with Gasteiger partial charge in [-0.3, -0.25) is 0 Å². The summed E-state index contributed by atoms with van der Waals surface area (Å²) in [5.74, 6) is 2.35. The van der Waals surface area contributed by atoms with Crippen molar-refractivity contribution < 1.29 is 14.2 Å². The van der Waals surface area contributed by atoms with Gasteiger partial charge in [-0.05, 0) is 64.1 Å². The van der Waals surface area contributed by atoms with Crippen molar-refractivity contribution in [3.63, 3.8) is 0 Å². The second-order valence-electron chi connectivity index (χ2n) is 7.39. The molecule has 0 saturated heterocycles. The highest BCUT2D eigenvalue weighted by molar-refractivity contribution is 6.00. The number of aromatic nitrogens is 3. The Labute approximate surface area is 182 Å². The Morgan fingerprint density at radius 3 is 2.13 bits per heavy atom. The van der Waals surface area contributed by atoms with Gasteiger partial charge >= 0.3 is 0 Å². The minimum Gasteiger partial charge on any atom is -0.497 e. The summed E-state index contributed by atoms with van der Waals surface area (Å²) in [6.45, 7) is 8.79. The Balaban J connectivity index is 1.98. The lowest BCUT2D eigenvalue weighted by molar-refractivity contribution is 0.336. The first-order valence-corrected chi connectivity index (χ1v) is 10.3. The number of fused-ring (bicyclic) bond motifs is 1. The fraction of sp³-hybridized carbons (Fsp3) is 0.280.